The lowest BCUT2D eigenvalue weighted by Gasteiger charge is -2.24. The lowest BCUT2D eigenvalue weighted by Crippen LogP contribution is -2.41. The molecule has 1 unspecified atom stereocenters. The van der Waals surface area contributed by atoms with Crippen LogP contribution < -0.4 is 10.1 Å². The summed E-state index contributed by atoms with van der Waals surface area (Å²) in [6.07, 6.45) is 0.569. The number of urea groups is 1. The molecule has 0 saturated carbocycles. The maximum Gasteiger partial charge on any atom is 0.325 e. The van der Waals surface area contributed by atoms with E-state index in [-0.39, 0.29) is 11.9 Å². The number of carbonyl (C=O) groups is 2. The molecule has 1 aliphatic heterocycles. The van der Waals surface area contributed by atoms with Gasteiger partial charge in [-0.05, 0) is 41.8 Å². The molecule has 3 aromatic carbocycles. The predicted octanol–water partition coefficient (Wildman–Crippen LogP) is 4.08. The highest BCUT2D eigenvalue weighted by molar-refractivity contribution is 6.09. The van der Waals surface area contributed by atoms with Crippen molar-refractivity contribution in [3.8, 4) is 5.75 Å². The third-order valence-corrected chi connectivity index (χ3v) is 5.14. The van der Waals surface area contributed by atoms with Crippen LogP contribution in [0.2, 0.25) is 0 Å². The Morgan fingerprint density at radius 1 is 0.929 bits per heavy atom. The smallest absolute Gasteiger partial charge is 0.325 e. The normalized spacial score (nSPS) is 19.1. The van der Waals surface area contributed by atoms with Crippen LogP contribution in [-0.2, 0) is 10.3 Å². The number of hydrogen-bond acceptors (Lipinski definition) is 3. The SMILES string of the molecule is CC1(c2cccc3ccccc23)NC(=O)N(CCCOc2ccccc2)C1=O. The van der Waals surface area contributed by atoms with E-state index in [1.807, 2.05) is 72.8 Å². The number of benzene rings is 3. The topological polar surface area (TPSA) is 58.6 Å². The van der Waals surface area contributed by atoms with E-state index in [2.05, 4.69) is 5.32 Å². The molecule has 0 aliphatic carbocycles. The second kappa shape index (κ2) is 7.35. The second-order valence-electron chi connectivity index (χ2n) is 7.05. The zero-order valence-electron chi connectivity index (χ0n) is 15.7. The van der Waals surface area contributed by atoms with Gasteiger partial charge in [0.15, 0.2) is 0 Å². The Balaban J connectivity index is 1.48. The lowest BCUT2D eigenvalue weighted by atomic mass is 9.88. The molecule has 3 amide bonds. The number of ether oxygens (including phenoxy) is 1. The number of nitrogens with zero attached hydrogens (tertiary/aromatic N) is 1. The van der Waals surface area contributed by atoms with Crippen molar-refractivity contribution in [1.29, 1.82) is 0 Å². The molecule has 0 spiro atoms. The van der Waals surface area contributed by atoms with Gasteiger partial charge in [0, 0.05) is 6.54 Å². The summed E-state index contributed by atoms with van der Waals surface area (Å²) in [4.78, 5) is 27.0. The monoisotopic (exact) mass is 374 g/mol. The van der Waals surface area contributed by atoms with Gasteiger partial charge in [-0.25, -0.2) is 4.79 Å². The Bertz CT molecular complexity index is 1010. The Morgan fingerprint density at radius 2 is 1.64 bits per heavy atom. The Kier molecular flexibility index (Phi) is 4.74. The molecule has 1 N–H and O–H groups in total. The zero-order chi connectivity index (χ0) is 19.6. The maximum atomic E-state index is 13.1. The molecule has 0 radical (unpaired) electrons. The fraction of sp³-hybridized carbons (Fsp3) is 0.217. The third kappa shape index (κ3) is 3.20. The zero-order valence-corrected chi connectivity index (χ0v) is 15.7. The first-order chi connectivity index (χ1) is 13.6. The van der Waals surface area contributed by atoms with Crippen LogP contribution in [0.15, 0.2) is 72.8 Å². The van der Waals surface area contributed by atoms with Gasteiger partial charge in [0.05, 0.1) is 6.61 Å². The van der Waals surface area contributed by atoms with Gasteiger partial charge in [0.25, 0.3) is 5.91 Å². The van der Waals surface area contributed by atoms with Crippen LogP contribution in [0.25, 0.3) is 10.8 Å². The average Bonchev–Trinajstić information content (AvgIpc) is 2.95. The molecule has 1 atom stereocenters. The van der Waals surface area contributed by atoms with E-state index < -0.39 is 5.54 Å². The van der Waals surface area contributed by atoms with Crippen LogP contribution in [0.4, 0.5) is 4.79 Å². The van der Waals surface area contributed by atoms with E-state index in [9.17, 15) is 9.59 Å². The van der Waals surface area contributed by atoms with Crippen molar-refractivity contribution in [3.05, 3.63) is 78.4 Å². The van der Waals surface area contributed by atoms with Crippen LogP contribution in [-0.4, -0.2) is 30.0 Å². The number of nitrogens with one attached hydrogen (secondary N) is 1. The van der Waals surface area contributed by atoms with Crippen molar-refractivity contribution in [2.24, 2.45) is 0 Å². The number of fused-ring (bicyclic) bond motifs is 1. The molecule has 0 bridgehead atoms. The minimum absolute atomic E-state index is 0.228. The second-order valence-corrected chi connectivity index (χ2v) is 7.05. The first kappa shape index (κ1) is 18.0. The van der Waals surface area contributed by atoms with Gasteiger partial charge >= 0.3 is 6.03 Å². The summed E-state index contributed by atoms with van der Waals surface area (Å²) in [6.45, 7) is 2.53. The molecule has 28 heavy (non-hydrogen) atoms. The van der Waals surface area contributed by atoms with Crippen LogP contribution in [0.3, 0.4) is 0 Å². The fourth-order valence-electron chi connectivity index (χ4n) is 3.67. The van der Waals surface area contributed by atoms with E-state index >= 15 is 0 Å². The van der Waals surface area contributed by atoms with E-state index in [0.29, 0.717) is 19.6 Å². The van der Waals surface area contributed by atoms with Crippen LogP contribution >= 0.6 is 0 Å². The molecular weight excluding hydrogens is 352 g/mol. The van der Waals surface area contributed by atoms with E-state index in [1.165, 1.54) is 4.90 Å². The Hall–Kier alpha value is -3.34. The molecule has 142 valence electrons. The molecule has 1 fully saturated rings. The van der Waals surface area contributed by atoms with Crippen molar-refractivity contribution in [2.45, 2.75) is 18.9 Å². The molecule has 3 aromatic rings. The van der Waals surface area contributed by atoms with Crippen molar-refractivity contribution < 1.29 is 14.3 Å². The maximum absolute atomic E-state index is 13.1. The lowest BCUT2D eigenvalue weighted by molar-refractivity contribution is -0.131. The van der Waals surface area contributed by atoms with Crippen LogP contribution in [0, 0.1) is 0 Å². The van der Waals surface area contributed by atoms with Crippen LogP contribution in [0.5, 0.6) is 5.75 Å². The van der Waals surface area contributed by atoms with Gasteiger partial charge in [0.2, 0.25) is 0 Å². The Morgan fingerprint density at radius 3 is 2.46 bits per heavy atom. The summed E-state index contributed by atoms with van der Waals surface area (Å²) in [7, 11) is 0. The van der Waals surface area contributed by atoms with Crippen molar-refractivity contribution in [1.82, 2.24) is 10.2 Å². The quantitative estimate of drug-likeness (QED) is 0.523. The molecule has 1 aliphatic rings. The summed E-state index contributed by atoms with van der Waals surface area (Å²) in [6, 6.07) is 22.8. The number of carbonyl (C=O) groups excluding carboxylic acids is 2. The number of hydrogen-bond donors (Lipinski definition) is 1. The van der Waals surface area contributed by atoms with E-state index in [0.717, 1.165) is 22.1 Å². The molecule has 0 aromatic heterocycles. The number of rotatable bonds is 6. The molecule has 1 saturated heterocycles. The highest BCUT2D eigenvalue weighted by Gasteiger charge is 2.49. The van der Waals surface area contributed by atoms with Gasteiger partial charge in [-0.15, -0.1) is 0 Å². The average molecular weight is 374 g/mol. The number of amides is 3. The minimum Gasteiger partial charge on any atom is -0.494 e. The van der Waals surface area contributed by atoms with Crippen molar-refractivity contribution >= 4 is 22.7 Å². The van der Waals surface area contributed by atoms with Gasteiger partial charge in [-0.1, -0.05) is 60.7 Å². The van der Waals surface area contributed by atoms with Gasteiger partial charge < -0.3 is 10.1 Å². The minimum atomic E-state index is -1.07. The van der Waals surface area contributed by atoms with Crippen molar-refractivity contribution in [3.63, 3.8) is 0 Å². The van der Waals surface area contributed by atoms with E-state index in [4.69, 9.17) is 4.74 Å². The molecule has 5 heteroatoms. The summed E-state index contributed by atoms with van der Waals surface area (Å²) < 4.78 is 5.66. The standard InChI is InChI=1S/C23H22N2O3/c1-23(20-14-7-10-17-9-5-6-13-19(17)20)21(26)25(22(27)24-23)15-8-16-28-18-11-3-2-4-12-18/h2-7,9-14H,8,15-16H2,1H3,(H,24,27). The van der Waals surface area contributed by atoms with Gasteiger partial charge in [-0.2, -0.15) is 0 Å². The first-order valence-electron chi connectivity index (χ1n) is 9.40. The molecular formula is C23H22N2O3. The summed E-state index contributed by atoms with van der Waals surface area (Å²) in [5.41, 5.74) is -0.259. The van der Waals surface area contributed by atoms with Gasteiger partial charge in [0.1, 0.15) is 11.3 Å². The highest BCUT2D eigenvalue weighted by atomic mass is 16.5. The molecule has 5 nitrogen and oxygen atoms in total. The predicted molar refractivity (Wildman–Crippen MR) is 108 cm³/mol. The largest absolute Gasteiger partial charge is 0.494 e. The van der Waals surface area contributed by atoms with Gasteiger partial charge in [-0.3, -0.25) is 9.69 Å². The highest BCUT2D eigenvalue weighted by Crippen LogP contribution is 2.33. The Labute approximate surface area is 163 Å². The summed E-state index contributed by atoms with van der Waals surface area (Å²) in [5.74, 6) is 0.550. The number of imide groups is 1. The van der Waals surface area contributed by atoms with Crippen molar-refractivity contribution in [2.75, 3.05) is 13.2 Å². The van der Waals surface area contributed by atoms with E-state index in [1.54, 1.807) is 6.92 Å². The van der Waals surface area contributed by atoms with Crippen LogP contribution in [0.1, 0.15) is 18.9 Å². The third-order valence-electron chi connectivity index (χ3n) is 5.14. The fourth-order valence-corrected chi connectivity index (χ4v) is 3.67. The molecule has 4 rings (SSSR count). The summed E-state index contributed by atoms with van der Waals surface area (Å²) in [5, 5.41) is 4.90. The summed E-state index contributed by atoms with van der Waals surface area (Å²) >= 11 is 0. The number of para-hydroxylation sites is 1. The first-order valence-corrected chi connectivity index (χ1v) is 9.40. The molecule has 1 heterocycles.